The standard InChI is InChI=1S/C12H30N4O.4ClH/c13-5-7-15-10-12(11-16-8-6-14)4-2-1-3-9-17;;;;/h12,15-17H,1-11,13-14H2;4*1H. The minimum Gasteiger partial charge on any atom is -1.00 e. The van der Waals surface area contributed by atoms with Gasteiger partial charge in [0.15, 0.2) is 0 Å². The van der Waals surface area contributed by atoms with Crippen LogP contribution >= 0.6 is 0 Å². The molecule has 0 fully saturated rings. The zero-order chi connectivity index (χ0) is 12.8. The number of hydrogen-bond donors (Lipinski definition) is 5. The van der Waals surface area contributed by atoms with Gasteiger partial charge in [-0.15, -0.1) is 0 Å². The highest BCUT2D eigenvalue weighted by molar-refractivity contribution is 4.55. The van der Waals surface area contributed by atoms with Gasteiger partial charge < -0.3 is 76.8 Å². The summed E-state index contributed by atoms with van der Waals surface area (Å²) in [6, 6.07) is 0. The van der Waals surface area contributed by atoms with E-state index in [0.717, 1.165) is 44.9 Å². The van der Waals surface area contributed by atoms with Crippen molar-refractivity contribution in [2.24, 2.45) is 5.92 Å². The highest BCUT2D eigenvalue weighted by Crippen LogP contribution is 2.06. The lowest BCUT2D eigenvalue weighted by Gasteiger charge is -2.13. The Kier molecular flexibility index (Phi) is 46.4. The van der Waals surface area contributed by atoms with Gasteiger partial charge in [0.1, 0.15) is 26.2 Å². The van der Waals surface area contributed by atoms with Crippen LogP contribution in [0.3, 0.4) is 0 Å². The van der Waals surface area contributed by atoms with Crippen LogP contribution in [-0.4, -0.2) is 51.0 Å². The summed E-state index contributed by atoms with van der Waals surface area (Å²) in [5.41, 5.74) is 7.74. The van der Waals surface area contributed by atoms with Crippen LogP contribution < -0.4 is 71.7 Å². The number of unbranched alkanes of at least 4 members (excludes halogenated alkanes) is 2. The van der Waals surface area contributed by atoms with Crippen LogP contribution in [0.1, 0.15) is 25.7 Å². The fourth-order valence-corrected chi connectivity index (χ4v) is 2.05. The van der Waals surface area contributed by atoms with E-state index >= 15 is 0 Å². The molecule has 5 nitrogen and oxygen atoms in total. The van der Waals surface area contributed by atoms with Crippen molar-refractivity contribution in [2.45, 2.75) is 25.7 Å². The van der Waals surface area contributed by atoms with Gasteiger partial charge in [-0.3, -0.25) is 0 Å². The molecule has 0 saturated carbocycles. The summed E-state index contributed by atoms with van der Waals surface area (Å²) in [4.78, 5) is 0. The van der Waals surface area contributed by atoms with Crippen molar-refractivity contribution in [2.75, 3.05) is 45.9 Å². The molecule has 0 atom stereocenters. The van der Waals surface area contributed by atoms with Crippen LogP contribution in [0, 0.1) is 5.92 Å². The molecule has 11 N–H and O–H groups in total. The van der Waals surface area contributed by atoms with Gasteiger partial charge >= 0.3 is 0 Å². The van der Waals surface area contributed by atoms with E-state index in [0.29, 0.717) is 6.61 Å². The molecule has 21 heavy (non-hydrogen) atoms. The quantitative estimate of drug-likeness (QED) is 0.197. The number of rotatable bonds is 13. The molecule has 0 aliphatic carbocycles. The van der Waals surface area contributed by atoms with E-state index in [1.54, 1.807) is 0 Å². The van der Waals surface area contributed by atoms with Crippen LogP contribution in [0.25, 0.3) is 0 Å². The average molecular weight is 392 g/mol. The molecule has 0 radical (unpaired) electrons. The van der Waals surface area contributed by atoms with Gasteiger partial charge in [-0.2, -0.15) is 0 Å². The largest absolute Gasteiger partial charge is 1.00 e. The Morgan fingerprint density at radius 1 is 0.762 bits per heavy atom. The summed E-state index contributed by atoms with van der Waals surface area (Å²) in [6.07, 6.45) is 4.67. The van der Waals surface area contributed by atoms with E-state index in [4.69, 9.17) is 5.11 Å². The number of aliphatic hydroxyl groups excluding tert-OH is 1. The van der Waals surface area contributed by atoms with Crippen molar-refractivity contribution in [3.05, 3.63) is 0 Å². The van der Waals surface area contributed by atoms with Crippen LogP contribution in [0.5, 0.6) is 0 Å². The molecule has 0 amide bonds. The van der Waals surface area contributed by atoms with Crippen molar-refractivity contribution in [1.82, 2.24) is 0 Å². The molecular formula is C12H34Cl4N4O. The van der Waals surface area contributed by atoms with Crippen molar-refractivity contribution in [3.8, 4) is 0 Å². The minimum atomic E-state index is 0. The summed E-state index contributed by atoms with van der Waals surface area (Å²) in [6.45, 7) is 7.10. The lowest BCUT2D eigenvalue weighted by Crippen LogP contribution is -3.00. The first-order valence-electron chi connectivity index (χ1n) is 7.17. The number of hydrogen-bond acceptors (Lipinski definition) is 1. The van der Waals surface area contributed by atoms with Crippen molar-refractivity contribution in [1.29, 1.82) is 0 Å². The molecule has 0 unspecified atom stereocenters. The fraction of sp³-hybridized carbons (Fsp3) is 1.00. The Morgan fingerprint density at radius 2 is 1.24 bits per heavy atom. The van der Waals surface area contributed by atoms with Gasteiger partial charge in [-0.1, -0.05) is 12.8 Å². The number of quaternary nitrogens is 4. The molecular weight excluding hydrogens is 358 g/mol. The minimum absolute atomic E-state index is 0. The Bertz CT molecular complexity index is 151. The van der Waals surface area contributed by atoms with Crippen molar-refractivity contribution >= 4 is 0 Å². The molecule has 0 aromatic heterocycles. The highest BCUT2D eigenvalue weighted by atomic mass is 35.5. The first kappa shape index (κ1) is 33.5. The second-order valence-corrected chi connectivity index (χ2v) is 4.77. The van der Waals surface area contributed by atoms with Gasteiger partial charge in [0, 0.05) is 6.61 Å². The van der Waals surface area contributed by atoms with Crippen LogP contribution in [0.4, 0.5) is 0 Å². The van der Waals surface area contributed by atoms with Gasteiger partial charge in [0.2, 0.25) is 0 Å². The summed E-state index contributed by atoms with van der Waals surface area (Å²) < 4.78 is 0. The maximum atomic E-state index is 8.75. The third-order valence-electron chi connectivity index (χ3n) is 3.09. The first-order valence-corrected chi connectivity index (χ1v) is 7.17. The van der Waals surface area contributed by atoms with Gasteiger partial charge in [0.25, 0.3) is 0 Å². The maximum absolute atomic E-state index is 8.75. The Balaban J connectivity index is -0.000000213. The molecule has 9 heteroatoms. The first-order chi connectivity index (χ1) is 8.35. The second kappa shape index (κ2) is 29.0. The van der Waals surface area contributed by atoms with Crippen LogP contribution in [-0.2, 0) is 0 Å². The van der Waals surface area contributed by atoms with E-state index in [-0.39, 0.29) is 49.6 Å². The summed E-state index contributed by atoms with van der Waals surface area (Å²) in [7, 11) is 0. The Morgan fingerprint density at radius 3 is 1.62 bits per heavy atom. The number of halogens is 4. The van der Waals surface area contributed by atoms with Crippen molar-refractivity contribution in [3.63, 3.8) is 0 Å². The zero-order valence-electron chi connectivity index (χ0n) is 12.9. The highest BCUT2D eigenvalue weighted by Gasteiger charge is 2.12. The predicted molar refractivity (Wildman–Crippen MR) is 67.9 cm³/mol. The molecule has 0 saturated heterocycles. The monoisotopic (exact) mass is 390 g/mol. The van der Waals surface area contributed by atoms with Crippen molar-refractivity contribution < 1.29 is 76.8 Å². The molecule has 0 heterocycles. The molecule has 0 aromatic carbocycles. The molecule has 0 aromatic rings. The van der Waals surface area contributed by atoms with Gasteiger partial charge in [-0.25, -0.2) is 0 Å². The summed E-state index contributed by atoms with van der Waals surface area (Å²) in [5, 5.41) is 13.5. The van der Waals surface area contributed by atoms with E-state index in [1.807, 2.05) is 0 Å². The molecule has 0 aliphatic rings. The lowest BCUT2D eigenvalue weighted by atomic mass is 10.0. The van der Waals surface area contributed by atoms with E-state index in [2.05, 4.69) is 22.1 Å². The third kappa shape index (κ3) is 26.2. The topological polar surface area (TPSA) is 109 Å². The van der Waals surface area contributed by atoms with Gasteiger partial charge in [-0.05, 0) is 12.8 Å². The average Bonchev–Trinajstić information content (AvgIpc) is 2.34. The zero-order valence-corrected chi connectivity index (χ0v) is 15.9. The van der Waals surface area contributed by atoms with E-state index < -0.39 is 0 Å². The molecule has 0 rings (SSSR count). The third-order valence-corrected chi connectivity index (χ3v) is 3.09. The molecule has 0 bridgehead atoms. The summed E-state index contributed by atoms with van der Waals surface area (Å²) >= 11 is 0. The maximum Gasteiger partial charge on any atom is 0.125 e. The molecule has 0 spiro atoms. The van der Waals surface area contributed by atoms with E-state index in [9.17, 15) is 0 Å². The second-order valence-electron chi connectivity index (χ2n) is 4.77. The molecule has 0 aliphatic heterocycles. The van der Waals surface area contributed by atoms with Gasteiger partial charge in [0.05, 0.1) is 19.0 Å². The smallest absolute Gasteiger partial charge is 0.125 e. The van der Waals surface area contributed by atoms with Crippen LogP contribution in [0.15, 0.2) is 0 Å². The number of aliphatic hydroxyl groups is 1. The fourth-order valence-electron chi connectivity index (χ4n) is 2.05. The SMILES string of the molecule is [Cl-].[Cl-].[Cl-].[Cl-].[NH3+]CC[NH2+]CC(CCCCCO)C[NH2+]CC[NH3+]. The Labute approximate surface area is 154 Å². The van der Waals surface area contributed by atoms with E-state index in [1.165, 1.54) is 25.9 Å². The Hall–Kier alpha value is 0.960. The molecule has 136 valence electrons. The predicted octanol–water partition coefficient (Wildman–Crippen LogP) is -16.2. The number of nitrogens with two attached hydrogens (primary N) is 2. The summed E-state index contributed by atoms with van der Waals surface area (Å²) in [5.74, 6) is 0.798. The normalized spacial score (nSPS) is 9.14. The van der Waals surface area contributed by atoms with Crippen LogP contribution in [0.2, 0.25) is 0 Å². The lowest BCUT2D eigenvalue weighted by molar-refractivity contribution is -0.702.